The number of carbonyl (C=O) groups is 2. The fraction of sp³-hybridized carbons (Fsp3) is 0.385. The molecule has 1 aromatic heterocycles. The van der Waals surface area contributed by atoms with Gasteiger partial charge in [-0.3, -0.25) is 19.7 Å². The molecule has 1 saturated carbocycles. The molecule has 1 amide bonds. The molecular weight excluding hydrogens is 464 g/mol. The summed E-state index contributed by atoms with van der Waals surface area (Å²) in [6.07, 6.45) is 3.01. The lowest BCUT2D eigenvalue weighted by atomic mass is 9.78. The number of non-ortho nitro benzene ring substituents is 1. The second-order valence-corrected chi connectivity index (χ2v) is 9.19. The molecule has 1 fully saturated rings. The number of para-hydroxylation sites is 1. The summed E-state index contributed by atoms with van der Waals surface area (Å²) in [5.41, 5.74) is 2.55. The first-order chi connectivity index (χ1) is 17.4. The Morgan fingerprint density at radius 1 is 1.08 bits per heavy atom. The minimum atomic E-state index is -0.804. The Balaban J connectivity index is 1.26. The van der Waals surface area contributed by atoms with Gasteiger partial charge in [0.1, 0.15) is 0 Å². The number of amides is 1. The number of hydrogen-bond donors (Lipinski definition) is 0. The monoisotopic (exact) mass is 490 g/mol. The molecule has 0 N–H and O–H groups in total. The van der Waals surface area contributed by atoms with Gasteiger partial charge in [-0.25, -0.2) is 0 Å². The van der Waals surface area contributed by atoms with Gasteiger partial charge in [-0.1, -0.05) is 31.0 Å². The lowest BCUT2D eigenvalue weighted by molar-refractivity contribution is -0.384. The topological polar surface area (TPSA) is 129 Å². The number of nitro benzene ring substituents is 1. The number of ether oxygens (including phenoxy) is 1. The summed E-state index contributed by atoms with van der Waals surface area (Å²) in [6.45, 7) is 2.27. The Morgan fingerprint density at radius 3 is 2.56 bits per heavy atom. The molecule has 36 heavy (non-hydrogen) atoms. The summed E-state index contributed by atoms with van der Waals surface area (Å²) < 4.78 is 11.4. The first-order valence-electron chi connectivity index (χ1n) is 12.1. The van der Waals surface area contributed by atoms with Crippen LogP contribution in [0.3, 0.4) is 0 Å². The lowest BCUT2D eigenvalue weighted by Gasteiger charge is -2.32. The number of aromatic nitrogens is 2. The van der Waals surface area contributed by atoms with Gasteiger partial charge in [0.15, 0.2) is 6.10 Å². The van der Waals surface area contributed by atoms with Crippen LogP contribution in [0.1, 0.15) is 50.2 Å². The summed E-state index contributed by atoms with van der Waals surface area (Å²) in [5, 5.41) is 18.8. The highest BCUT2D eigenvalue weighted by Crippen LogP contribution is 2.37. The van der Waals surface area contributed by atoms with Gasteiger partial charge in [0.2, 0.25) is 11.8 Å². The standard InChI is InChI=1S/C26H26N4O6/c1-16(23-27-28-24(36-23)18-10-12-19(13-11-18)30(33)34)35-26(32)21-8-4-3-7-20(21)25(31)29-15-14-17-6-2-5-9-22(17)29/h2,5-6,9-13,16,20-21H,3-4,7-8,14-15H2,1H3. The molecule has 1 aliphatic heterocycles. The zero-order valence-electron chi connectivity index (χ0n) is 19.8. The highest BCUT2D eigenvalue weighted by atomic mass is 16.6. The van der Waals surface area contributed by atoms with Crippen LogP contribution in [0.2, 0.25) is 0 Å². The molecule has 10 heteroatoms. The number of fused-ring (bicyclic) bond motifs is 1. The third kappa shape index (κ3) is 4.58. The van der Waals surface area contributed by atoms with E-state index >= 15 is 0 Å². The number of nitrogens with zero attached hydrogens (tertiary/aromatic N) is 4. The van der Waals surface area contributed by atoms with E-state index in [9.17, 15) is 19.7 Å². The predicted molar refractivity (Wildman–Crippen MR) is 129 cm³/mol. The van der Waals surface area contributed by atoms with Crippen LogP contribution >= 0.6 is 0 Å². The van der Waals surface area contributed by atoms with Gasteiger partial charge in [0.25, 0.3) is 11.6 Å². The normalized spacial score (nSPS) is 20.0. The first kappa shape index (κ1) is 23.7. The second-order valence-electron chi connectivity index (χ2n) is 9.19. The molecule has 10 nitrogen and oxygen atoms in total. The summed E-state index contributed by atoms with van der Waals surface area (Å²) >= 11 is 0. The van der Waals surface area contributed by atoms with Gasteiger partial charge < -0.3 is 14.1 Å². The molecule has 3 atom stereocenters. The predicted octanol–water partition coefficient (Wildman–Crippen LogP) is 4.64. The largest absolute Gasteiger partial charge is 0.452 e. The molecule has 2 aromatic carbocycles. The average Bonchev–Trinajstić information content (AvgIpc) is 3.56. The van der Waals surface area contributed by atoms with E-state index in [2.05, 4.69) is 10.2 Å². The smallest absolute Gasteiger partial charge is 0.310 e. The zero-order chi connectivity index (χ0) is 25.2. The number of hydrogen-bond acceptors (Lipinski definition) is 8. The average molecular weight is 491 g/mol. The fourth-order valence-electron chi connectivity index (χ4n) is 5.03. The summed E-state index contributed by atoms with van der Waals surface area (Å²) in [6, 6.07) is 13.6. The van der Waals surface area contributed by atoms with Crippen molar-refractivity contribution in [3.8, 4) is 11.5 Å². The number of anilines is 1. The van der Waals surface area contributed by atoms with Gasteiger partial charge in [0.05, 0.1) is 16.8 Å². The second kappa shape index (κ2) is 9.88. The minimum Gasteiger partial charge on any atom is -0.452 e. The quantitative estimate of drug-likeness (QED) is 0.277. The molecule has 3 aromatic rings. The van der Waals surface area contributed by atoms with E-state index in [0.717, 1.165) is 30.5 Å². The van der Waals surface area contributed by atoms with E-state index < -0.39 is 28.8 Å². The van der Waals surface area contributed by atoms with Crippen LogP contribution in [-0.4, -0.2) is 33.5 Å². The van der Waals surface area contributed by atoms with Gasteiger partial charge in [-0.05, 0) is 49.9 Å². The number of nitro groups is 1. The van der Waals surface area contributed by atoms with Gasteiger partial charge in [0, 0.05) is 29.9 Å². The summed E-state index contributed by atoms with van der Waals surface area (Å²) in [4.78, 5) is 38.9. The van der Waals surface area contributed by atoms with Crippen LogP contribution in [0.5, 0.6) is 0 Å². The third-order valence-electron chi connectivity index (χ3n) is 6.95. The highest BCUT2D eigenvalue weighted by Gasteiger charge is 2.41. The van der Waals surface area contributed by atoms with E-state index in [4.69, 9.17) is 9.15 Å². The van der Waals surface area contributed by atoms with Crippen molar-refractivity contribution < 1.29 is 23.7 Å². The Kier molecular flexibility index (Phi) is 6.49. The maximum absolute atomic E-state index is 13.5. The minimum absolute atomic E-state index is 0.0208. The maximum Gasteiger partial charge on any atom is 0.310 e. The van der Waals surface area contributed by atoms with Crippen molar-refractivity contribution >= 4 is 23.3 Å². The van der Waals surface area contributed by atoms with Crippen molar-refractivity contribution in [3.05, 3.63) is 70.1 Å². The van der Waals surface area contributed by atoms with E-state index in [-0.39, 0.29) is 23.4 Å². The highest BCUT2D eigenvalue weighted by molar-refractivity contribution is 5.99. The molecule has 186 valence electrons. The van der Waals surface area contributed by atoms with Crippen LogP contribution in [-0.2, 0) is 20.7 Å². The van der Waals surface area contributed by atoms with Gasteiger partial charge in [-0.15, -0.1) is 10.2 Å². The maximum atomic E-state index is 13.5. The zero-order valence-corrected chi connectivity index (χ0v) is 19.8. The van der Waals surface area contributed by atoms with Crippen LogP contribution < -0.4 is 4.90 Å². The summed E-state index contributed by atoms with van der Waals surface area (Å²) in [5.74, 6) is -1.14. The van der Waals surface area contributed by atoms with Crippen molar-refractivity contribution in [1.29, 1.82) is 0 Å². The van der Waals surface area contributed by atoms with Crippen molar-refractivity contribution in [1.82, 2.24) is 10.2 Å². The molecule has 0 spiro atoms. The van der Waals surface area contributed by atoms with E-state index in [1.807, 2.05) is 29.2 Å². The van der Waals surface area contributed by atoms with E-state index in [1.54, 1.807) is 6.92 Å². The van der Waals surface area contributed by atoms with E-state index in [0.29, 0.717) is 24.9 Å². The molecule has 2 heterocycles. The third-order valence-corrected chi connectivity index (χ3v) is 6.95. The Morgan fingerprint density at radius 2 is 1.81 bits per heavy atom. The molecule has 0 radical (unpaired) electrons. The summed E-state index contributed by atoms with van der Waals surface area (Å²) in [7, 11) is 0. The molecule has 2 aliphatic rings. The Bertz CT molecular complexity index is 1290. The first-order valence-corrected chi connectivity index (χ1v) is 12.1. The fourth-order valence-corrected chi connectivity index (χ4v) is 5.03. The number of carbonyl (C=O) groups excluding carboxylic acids is 2. The van der Waals surface area contributed by atoms with Crippen LogP contribution in [0.25, 0.3) is 11.5 Å². The molecule has 1 aliphatic carbocycles. The van der Waals surface area contributed by atoms with Gasteiger partial charge in [-0.2, -0.15) is 0 Å². The van der Waals surface area contributed by atoms with Crippen molar-refractivity contribution in [2.45, 2.75) is 45.1 Å². The molecule has 0 saturated heterocycles. The Labute approximate surface area is 207 Å². The van der Waals surface area contributed by atoms with Crippen molar-refractivity contribution in [2.24, 2.45) is 11.8 Å². The number of rotatable bonds is 6. The molecule has 5 rings (SSSR count). The van der Waals surface area contributed by atoms with Crippen LogP contribution in [0, 0.1) is 22.0 Å². The van der Waals surface area contributed by atoms with Gasteiger partial charge >= 0.3 is 5.97 Å². The number of esters is 1. The van der Waals surface area contributed by atoms with Crippen molar-refractivity contribution in [3.63, 3.8) is 0 Å². The lowest BCUT2D eigenvalue weighted by Crippen LogP contribution is -2.42. The molecule has 3 unspecified atom stereocenters. The van der Waals surface area contributed by atoms with Crippen LogP contribution in [0.4, 0.5) is 11.4 Å². The molecular formula is C26H26N4O6. The number of benzene rings is 2. The Hall–Kier alpha value is -4.08. The molecule has 0 bridgehead atoms. The van der Waals surface area contributed by atoms with Crippen LogP contribution in [0.15, 0.2) is 52.9 Å². The SMILES string of the molecule is CC(OC(=O)C1CCCCC1C(=O)N1CCc2ccccc21)c1nnc(-c2ccc([N+](=O)[O-])cc2)o1. The van der Waals surface area contributed by atoms with E-state index in [1.165, 1.54) is 24.3 Å². The van der Waals surface area contributed by atoms with Crippen molar-refractivity contribution in [2.75, 3.05) is 11.4 Å².